The molecule has 0 unspecified atom stereocenters. The number of alkyl halides is 3. The Hall–Kier alpha value is -1.89. The maximum atomic E-state index is 12.7. The van der Waals surface area contributed by atoms with Crippen molar-refractivity contribution in [1.82, 2.24) is 4.98 Å². The molecular weight excluding hydrogens is 361 g/mol. The Morgan fingerprint density at radius 3 is 2.59 bits per heavy atom. The zero-order chi connectivity index (χ0) is 16.3. The minimum absolute atomic E-state index is 0.0673. The van der Waals surface area contributed by atoms with Gasteiger partial charge >= 0.3 is 6.18 Å². The van der Waals surface area contributed by atoms with E-state index in [2.05, 4.69) is 26.2 Å². The zero-order valence-electron chi connectivity index (χ0n) is 11.5. The van der Waals surface area contributed by atoms with Crippen molar-refractivity contribution in [1.29, 1.82) is 0 Å². The smallest absolute Gasteiger partial charge is 0.370 e. The number of carbonyl (C=O) groups excluding carboxylic acids is 1. The van der Waals surface area contributed by atoms with Crippen LogP contribution in [0.1, 0.15) is 28.5 Å². The molecule has 116 valence electrons. The Kier molecular flexibility index (Phi) is 4.85. The van der Waals surface area contributed by atoms with Crippen molar-refractivity contribution in [2.24, 2.45) is 0 Å². The summed E-state index contributed by atoms with van der Waals surface area (Å²) in [4.78, 5) is 16.0. The van der Waals surface area contributed by atoms with E-state index in [9.17, 15) is 18.0 Å². The van der Waals surface area contributed by atoms with Gasteiger partial charge in [0.1, 0.15) is 11.5 Å². The fraction of sp³-hybridized carbons (Fsp3) is 0.200. The van der Waals surface area contributed by atoms with E-state index in [4.69, 9.17) is 0 Å². The summed E-state index contributed by atoms with van der Waals surface area (Å²) in [5.74, 6) is -0.458. The average molecular weight is 373 g/mol. The van der Waals surface area contributed by atoms with E-state index < -0.39 is 17.7 Å². The maximum Gasteiger partial charge on any atom is 0.433 e. The predicted molar refractivity (Wildman–Crippen MR) is 81.0 cm³/mol. The second kappa shape index (κ2) is 6.48. The average Bonchev–Trinajstić information content (AvgIpc) is 2.46. The van der Waals surface area contributed by atoms with Crippen LogP contribution in [0.5, 0.6) is 0 Å². The van der Waals surface area contributed by atoms with Gasteiger partial charge in [0.15, 0.2) is 5.78 Å². The summed E-state index contributed by atoms with van der Waals surface area (Å²) in [6.07, 6.45) is -4.55. The largest absolute Gasteiger partial charge is 0.433 e. The standard InChI is InChI=1S/C15H12BrF3N2O/c1-2-20-14-11(6-7-12(21-14)15(17,18)19)13(22)9-4-3-5-10(16)8-9/h3-8H,2H2,1H3,(H,20,21). The molecule has 2 aromatic rings. The summed E-state index contributed by atoms with van der Waals surface area (Å²) in [6, 6.07) is 8.61. The Morgan fingerprint density at radius 2 is 2.00 bits per heavy atom. The SMILES string of the molecule is CCNc1nc(C(F)(F)F)ccc1C(=O)c1cccc(Br)c1. The molecule has 3 nitrogen and oxygen atoms in total. The molecule has 0 atom stereocenters. The third-order valence-corrected chi connectivity index (χ3v) is 3.35. The van der Waals surface area contributed by atoms with E-state index in [-0.39, 0.29) is 11.4 Å². The van der Waals surface area contributed by atoms with Gasteiger partial charge in [-0.3, -0.25) is 4.79 Å². The van der Waals surface area contributed by atoms with Gasteiger partial charge in [0.25, 0.3) is 0 Å². The van der Waals surface area contributed by atoms with Crippen LogP contribution < -0.4 is 5.32 Å². The fourth-order valence-corrected chi connectivity index (χ4v) is 2.29. The van der Waals surface area contributed by atoms with E-state index in [1.807, 2.05) is 0 Å². The first-order valence-electron chi connectivity index (χ1n) is 6.45. The summed E-state index contributed by atoms with van der Waals surface area (Å²) in [5, 5.41) is 2.71. The molecule has 0 radical (unpaired) electrons. The normalized spacial score (nSPS) is 11.3. The number of nitrogens with zero attached hydrogens (tertiary/aromatic N) is 1. The van der Waals surface area contributed by atoms with Gasteiger partial charge < -0.3 is 5.32 Å². The van der Waals surface area contributed by atoms with Gasteiger partial charge in [0, 0.05) is 16.6 Å². The Labute approximate surface area is 133 Å². The van der Waals surface area contributed by atoms with Gasteiger partial charge in [-0.15, -0.1) is 0 Å². The summed E-state index contributed by atoms with van der Waals surface area (Å²) >= 11 is 3.26. The molecule has 1 heterocycles. The van der Waals surface area contributed by atoms with Crippen LogP contribution >= 0.6 is 15.9 Å². The topological polar surface area (TPSA) is 42.0 Å². The molecule has 0 aliphatic rings. The number of hydrogen-bond donors (Lipinski definition) is 1. The molecule has 22 heavy (non-hydrogen) atoms. The lowest BCUT2D eigenvalue weighted by atomic mass is 10.0. The van der Waals surface area contributed by atoms with Gasteiger partial charge in [-0.05, 0) is 31.2 Å². The lowest BCUT2D eigenvalue weighted by Gasteiger charge is -2.12. The molecule has 7 heteroatoms. The van der Waals surface area contributed by atoms with Crippen molar-refractivity contribution in [2.75, 3.05) is 11.9 Å². The van der Waals surface area contributed by atoms with Crippen LogP contribution in [0.4, 0.5) is 19.0 Å². The molecule has 0 aliphatic heterocycles. The minimum Gasteiger partial charge on any atom is -0.370 e. The van der Waals surface area contributed by atoms with E-state index in [1.165, 1.54) is 0 Å². The quantitative estimate of drug-likeness (QED) is 0.801. The molecule has 0 spiro atoms. The second-order valence-corrected chi connectivity index (χ2v) is 5.38. The first-order chi connectivity index (χ1) is 10.3. The molecule has 0 saturated carbocycles. The number of nitrogens with one attached hydrogen (secondary N) is 1. The molecule has 0 aliphatic carbocycles. The van der Waals surface area contributed by atoms with Crippen molar-refractivity contribution in [2.45, 2.75) is 13.1 Å². The van der Waals surface area contributed by atoms with Crippen LogP contribution in [-0.4, -0.2) is 17.3 Å². The van der Waals surface area contributed by atoms with Gasteiger partial charge in [-0.1, -0.05) is 28.1 Å². The summed E-state index contributed by atoms with van der Waals surface area (Å²) in [7, 11) is 0. The summed E-state index contributed by atoms with van der Waals surface area (Å²) < 4.78 is 38.9. The molecule has 0 saturated heterocycles. The molecule has 1 aromatic carbocycles. The number of aromatic nitrogens is 1. The van der Waals surface area contributed by atoms with Gasteiger partial charge in [-0.2, -0.15) is 13.2 Å². The molecule has 0 amide bonds. The number of benzene rings is 1. The summed E-state index contributed by atoms with van der Waals surface area (Å²) in [6.45, 7) is 2.07. The third kappa shape index (κ3) is 3.65. The number of anilines is 1. The van der Waals surface area contributed by atoms with Crippen LogP contribution in [0.25, 0.3) is 0 Å². The van der Waals surface area contributed by atoms with Crippen LogP contribution in [0.3, 0.4) is 0 Å². The predicted octanol–water partition coefficient (Wildman–Crippen LogP) is 4.53. The van der Waals surface area contributed by atoms with Gasteiger partial charge in [0.05, 0.1) is 5.56 Å². The highest BCUT2D eigenvalue weighted by molar-refractivity contribution is 9.10. The van der Waals surface area contributed by atoms with Crippen molar-refractivity contribution >= 4 is 27.5 Å². The van der Waals surface area contributed by atoms with Crippen molar-refractivity contribution in [3.8, 4) is 0 Å². The number of hydrogen-bond acceptors (Lipinski definition) is 3. The molecular formula is C15H12BrF3N2O. The lowest BCUT2D eigenvalue weighted by Crippen LogP contribution is -2.14. The molecule has 2 rings (SSSR count). The number of rotatable bonds is 4. The number of ketones is 1. The Bertz CT molecular complexity index is 701. The second-order valence-electron chi connectivity index (χ2n) is 4.46. The first-order valence-corrected chi connectivity index (χ1v) is 7.24. The molecule has 1 N–H and O–H groups in total. The molecule has 0 fully saturated rings. The van der Waals surface area contributed by atoms with Crippen LogP contribution in [-0.2, 0) is 6.18 Å². The van der Waals surface area contributed by atoms with E-state index in [1.54, 1.807) is 31.2 Å². The first kappa shape index (κ1) is 16.5. The van der Waals surface area contributed by atoms with Crippen LogP contribution in [0.15, 0.2) is 40.9 Å². The zero-order valence-corrected chi connectivity index (χ0v) is 13.1. The lowest BCUT2D eigenvalue weighted by molar-refractivity contribution is -0.141. The highest BCUT2D eigenvalue weighted by Crippen LogP contribution is 2.30. The monoisotopic (exact) mass is 372 g/mol. The Morgan fingerprint density at radius 1 is 1.27 bits per heavy atom. The van der Waals surface area contributed by atoms with E-state index in [0.29, 0.717) is 16.6 Å². The number of carbonyl (C=O) groups is 1. The van der Waals surface area contributed by atoms with Crippen molar-refractivity contribution in [3.63, 3.8) is 0 Å². The van der Waals surface area contributed by atoms with Crippen molar-refractivity contribution < 1.29 is 18.0 Å². The third-order valence-electron chi connectivity index (χ3n) is 2.86. The van der Waals surface area contributed by atoms with Gasteiger partial charge in [0.2, 0.25) is 0 Å². The van der Waals surface area contributed by atoms with E-state index in [0.717, 1.165) is 12.1 Å². The minimum atomic E-state index is -4.55. The fourth-order valence-electron chi connectivity index (χ4n) is 1.89. The maximum absolute atomic E-state index is 12.7. The highest BCUT2D eigenvalue weighted by Gasteiger charge is 2.33. The van der Waals surface area contributed by atoms with Gasteiger partial charge in [-0.25, -0.2) is 4.98 Å². The number of halogens is 4. The Balaban J connectivity index is 2.48. The van der Waals surface area contributed by atoms with Crippen LogP contribution in [0, 0.1) is 0 Å². The highest BCUT2D eigenvalue weighted by atomic mass is 79.9. The van der Waals surface area contributed by atoms with Crippen molar-refractivity contribution in [3.05, 3.63) is 57.7 Å². The van der Waals surface area contributed by atoms with E-state index >= 15 is 0 Å². The van der Waals surface area contributed by atoms with Crippen LogP contribution in [0.2, 0.25) is 0 Å². The summed E-state index contributed by atoms with van der Waals surface area (Å²) in [5.41, 5.74) is -0.558. The molecule has 0 bridgehead atoms. The molecule has 1 aromatic heterocycles. The number of pyridine rings is 1.